The third kappa shape index (κ3) is 4.56. The molecular formula is C28H25ClF3N5O3. The molecule has 0 saturated carbocycles. The fourth-order valence-corrected chi connectivity index (χ4v) is 5.82. The monoisotopic (exact) mass is 571 g/mol. The van der Waals surface area contributed by atoms with Crippen molar-refractivity contribution in [3.63, 3.8) is 0 Å². The van der Waals surface area contributed by atoms with Gasteiger partial charge in [-0.1, -0.05) is 11.6 Å². The maximum absolute atomic E-state index is 15.0. The molecule has 1 fully saturated rings. The largest absolute Gasteiger partial charge is 0.350 e. The maximum Gasteiger partial charge on any atom is 0.270 e. The van der Waals surface area contributed by atoms with E-state index in [1.54, 1.807) is 18.2 Å². The number of nitriles is 1. The second-order valence-corrected chi connectivity index (χ2v) is 11.4. The number of alkyl halides is 1. The fourth-order valence-electron chi connectivity index (χ4n) is 5.65. The predicted molar refractivity (Wildman–Crippen MR) is 141 cm³/mol. The Morgan fingerprint density at radius 3 is 2.67 bits per heavy atom. The van der Waals surface area contributed by atoms with Crippen LogP contribution in [0, 0.1) is 23.0 Å². The number of aromatic nitrogens is 1. The summed E-state index contributed by atoms with van der Waals surface area (Å²) in [6.45, 7) is 2.33. The number of likely N-dealkylation sites (N-methyl/N-ethyl adjacent to an activating group) is 1. The van der Waals surface area contributed by atoms with E-state index in [0.717, 1.165) is 11.0 Å². The zero-order chi connectivity index (χ0) is 29.1. The van der Waals surface area contributed by atoms with Gasteiger partial charge in [-0.25, -0.2) is 13.2 Å². The molecule has 3 aromatic rings. The smallest absolute Gasteiger partial charge is 0.270 e. The molecule has 1 saturated heterocycles. The zero-order valence-corrected chi connectivity index (χ0v) is 22.6. The first kappa shape index (κ1) is 27.5. The van der Waals surface area contributed by atoms with E-state index in [4.69, 9.17) is 11.6 Å². The van der Waals surface area contributed by atoms with Gasteiger partial charge in [0.05, 0.1) is 17.0 Å². The van der Waals surface area contributed by atoms with Gasteiger partial charge in [-0.3, -0.25) is 14.4 Å². The Labute approximate surface area is 232 Å². The summed E-state index contributed by atoms with van der Waals surface area (Å²) in [4.78, 5) is 45.5. The summed E-state index contributed by atoms with van der Waals surface area (Å²) in [5.41, 5.74) is -2.16. The van der Waals surface area contributed by atoms with Gasteiger partial charge in [-0.05, 0) is 49.7 Å². The van der Waals surface area contributed by atoms with Crippen LogP contribution in [0.1, 0.15) is 42.7 Å². The highest BCUT2D eigenvalue weighted by Gasteiger charge is 2.57. The lowest BCUT2D eigenvalue weighted by atomic mass is 9.80. The van der Waals surface area contributed by atoms with E-state index < -0.39 is 53.0 Å². The third-order valence-electron chi connectivity index (χ3n) is 7.60. The van der Waals surface area contributed by atoms with Gasteiger partial charge in [0.2, 0.25) is 11.8 Å². The van der Waals surface area contributed by atoms with Crippen molar-refractivity contribution in [2.75, 3.05) is 18.9 Å². The molecule has 12 heteroatoms. The average molecular weight is 572 g/mol. The second-order valence-electron chi connectivity index (χ2n) is 10.9. The lowest BCUT2D eigenvalue weighted by molar-refractivity contribution is -0.137. The van der Waals surface area contributed by atoms with E-state index in [9.17, 15) is 28.4 Å². The van der Waals surface area contributed by atoms with Crippen molar-refractivity contribution in [2.45, 2.75) is 49.9 Å². The lowest BCUT2D eigenvalue weighted by Gasteiger charge is -2.34. The highest BCUT2D eigenvalue weighted by molar-refractivity contribution is 6.31. The molecule has 2 aromatic carbocycles. The number of benzene rings is 2. The molecular weight excluding hydrogens is 547 g/mol. The number of carbonyl (C=O) groups is 3. The maximum atomic E-state index is 15.0. The van der Waals surface area contributed by atoms with Crippen LogP contribution < -0.4 is 5.32 Å². The zero-order valence-electron chi connectivity index (χ0n) is 21.8. The molecule has 0 radical (unpaired) electrons. The average Bonchev–Trinajstić information content (AvgIpc) is 3.56. The highest BCUT2D eigenvalue weighted by atomic mass is 35.5. The number of anilines is 1. The first-order chi connectivity index (χ1) is 18.7. The Morgan fingerprint density at radius 1 is 1.27 bits per heavy atom. The molecule has 2 N–H and O–H groups in total. The van der Waals surface area contributed by atoms with Crippen LogP contribution in [-0.4, -0.2) is 63.9 Å². The van der Waals surface area contributed by atoms with Gasteiger partial charge in [0, 0.05) is 48.6 Å². The Morgan fingerprint density at radius 2 is 2.00 bits per heavy atom. The van der Waals surface area contributed by atoms with Gasteiger partial charge in [-0.15, -0.1) is 0 Å². The van der Waals surface area contributed by atoms with Gasteiger partial charge in [0.15, 0.2) is 0 Å². The molecule has 0 bridgehead atoms. The normalized spacial score (nSPS) is 20.9. The number of rotatable bonds is 5. The van der Waals surface area contributed by atoms with Crippen molar-refractivity contribution in [3.05, 3.63) is 64.3 Å². The second kappa shape index (κ2) is 9.55. The van der Waals surface area contributed by atoms with Crippen molar-refractivity contribution in [3.8, 4) is 6.07 Å². The predicted octanol–water partition coefficient (Wildman–Crippen LogP) is 4.69. The molecule has 2 aliphatic rings. The minimum atomic E-state index is -1.91. The van der Waals surface area contributed by atoms with E-state index in [2.05, 4.69) is 16.4 Å². The minimum Gasteiger partial charge on any atom is -0.350 e. The summed E-state index contributed by atoms with van der Waals surface area (Å²) in [7, 11) is 1.30. The third-order valence-corrected chi connectivity index (χ3v) is 7.84. The quantitative estimate of drug-likeness (QED) is 0.463. The molecule has 3 amide bonds. The number of aromatic amines is 1. The van der Waals surface area contributed by atoms with E-state index >= 15 is 4.39 Å². The van der Waals surface area contributed by atoms with Crippen molar-refractivity contribution in [1.29, 1.82) is 5.26 Å². The number of nitrogens with zero attached hydrogens (tertiary/aromatic N) is 3. The van der Waals surface area contributed by atoms with Gasteiger partial charge in [-0.2, -0.15) is 5.26 Å². The van der Waals surface area contributed by atoms with E-state index in [-0.39, 0.29) is 35.5 Å². The Bertz CT molecular complexity index is 1610. The number of hydrogen-bond donors (Lipinski definition) is 2. The number of nitrogens with one attached hydrogen (secondary N) is 2. The molecule has 1 spiro atoms. The Balaban J connectivity index is 1.49. The van der Waals surface area contributed by atoms with E-state index in [1.807, 2.05) is 0 Å². The van der Waals surface area contributed by atoms with Gasteiger partial charge in [0.1, 0.15) is 35.1 Å². The van der Waals surface area contributed by atoms with Crippen molar-refractivity contribution >= 4 is 45.9 Å². The van der Waals surface area contributed by atoms with Crippen molar-refractivity contribution in [1.82, 2.24) is 14.8 Å². The summed E-state index contributed by atoms with van der Waals surface area (Å²) >= 11 is 6.19. The molecule has 0 unspecified atom stereocenters. The fraction of sp³-hybridized carbons (Fsp3) is 0.357. The van der Waals surface area contributed by atoms with Crippen molar-refractivity contribution in [2.24, 2.45) is 0 Å². The number of amides is 3. The molecule has 2 aliphatic heterocycles. The lowest BCUT2D eigenvalue weighted by Crippen LogP contribution is -2.53. The molecule has 8 nitrogen and oxygen atoms in total. The molecule has 40 heavy (non-hydrogen) atoms. The number of hydrogen-bond acceptors (Lipinski definition) is 4. The molecule has 5 rings (SSSR count). The molecule has 3 heterocycles. The van der Waals surface area contributed by atoms with Crippen LogP contribution in [0.25, 0.3) is 10.9 Å². The van der Waals surface area contributed by atoms with E-state index in [1.165, 1.54) is 31.9 Å². The number of H-pyrrole nitrogens is 1. The molecule has 0 aliphatic carbocycles. The SMILES string of the molecule is CN(C(=O)c1cc2c(F)cc(F)cc2[nH]1)[C@@H](CC(C)(C)F)C(=O)N1C[C@]2(C[C@H]1C#N)C(=O)Nc1ccc(Cl)cc12. The van der Waals surface area contributed by atoms with Crippen LogP contribution in [0.5, 0.6) is 0 Å². The van der Waals surface area contributed by atoms with Gasteiger partial charge < -0.3 is 20.1 Å². The van der Waals surface area contributed by atoms with Crippen LogP contribution in [0.15, 0.2) is 36.4 Å². The van der Waals surface area contributed by atoms with E-state index in [0.29, 0.717) is 22.3 Å². The Hall–Kier alpha value is -4.04. The Kier molecular flexibility index (Phi) is 6.57. The van der Waals surface area contributed by atoms with Crippen LogP contribution in [0.3, 0.4) is 0 Å². The first-order valence-electron chi connectivity index (χ1n) is 12.5. The number of likely N-dealkylation sites (tertiary alicyclic amines) is 1. The standard InChI is InChI=1S/C28H25ClF3N5O3/c1-27(2,32)11-23(36(3)24(38)22-9-17-19(31)7-15(30)8-21(17)34-22)25(39)37-13-28(10-16(37)12-33)18-6-14(29)4-5-20(18)35-26(28)40/h4-9,16,23,34H,10-11,13H2,1-3H3,(H,35,40)/t16-,23-,28-/m0/s1. The summed E-state index contributed by atoms with van der Waals surface area (Å²) in [6, 6.07) is 7.43. The highest BCUT2D eigenvalue weighted by Crippen LogP contribution is 2.47. The number of carbonyl (C=O) groups excluding carboxylic acids is 3. The van der Waals surface area contributed by atoms with Crippen LogP contribution in [0.4, 0.5) is 18.9 Å². The summed E-state index contributed by atoms with van der Waals surface area (Å²) in [5.74, 6) is -3.59. The topological polar surface area (TPSA) is 109 Å². The summed E-state index contributed by atoms with van der Waals surface area (Å²) in [5, 5.41) is 13.1. The minimum absolute atomic E-state index is 0.00925. The first-order valence-corrected chi connectivity index (χ1v) is 12.9. The van der Waals surface area contributed by atoms with Crippen LogP contribution >= 0.6 is 11.6 Å². The van der Waals surface area contributed by atoms with Gasteiger partial charge in [0.25, 0.3) is 5.91 Å². The molecule has 3 atom stereocenters. The van der Waals surface area contributed by atoms with Crippen LogP contribution in [0.2, 0.25) is 5.02 Å². The number of fused-ring (bicyclic) bond motifs is 3. The molecule has 1 aromatic heterocycles. The molecule has 208 valence electrons. The number of halogens is 4. The van der Waals surface area contributed by atoms with Gasteiger partial charge >= 0.3 is 0 Å². The summed E-state index contributed by atoms with van der Waals surface area (Å²) in [6.07, 6.45) is -0.432. The van der Waals surface area contributed by atoms with Crippen molar-refractivity contribution < 1.29 is 27.6 Å². The summed E-state index contributed by atoms with van der Waals surface area (Å²) < 4.78 is 43.0. The van der Waals surface area contributed by atoms with Crippen LogP contribution in [-0.2, 0) is 15.0 Å².